The Hall–Kier alpha value is -3.03. The first-order valence-corrected chi connectivity index (χ1v) is 8.53. The highest BCUT2D eigenvalue weighted by Gasteiger charge is 2.13. The van der Waals surface area contributed by atoms with Crippen LogP contribution in [0.25, 0.3) is 6.08 Å². The van der Waals surface area contributed by atoms with Gasteiger partial charge in [0.15, 0.2) is 5.09 Å². The highest BCUT2D eigenvalue weighted by molar-refractivity contribution is 7.99. The summed E-state index contributed by atoms with van der Waals surface area (Å²) in [5, 5.41) is 10.0. The second-order valence-corrected chi connectivity index (χ2v) is 6.51. The Bertz CT molecular complexity index is 948. The van der Waals surface area contributed by atoms with Crippen LogP contribution in [0.15, 0.2) is 86.7 Å². The first-order chi connectivity index (χ1) is 12.2. The Labute approximate surface area is 150 Å². The Balaban J connectivity index is 1.78. The number of allylic oxidation sites excluding steroid dienone is 1. The van der Waals surface area contributed by atoms with Crippen molar-refractivity contribution in [1.82, 2.24) is 0 Å². The second kappa shape index (κ2) is 7.69. The summed E-state index contributed by atoms with van der Waals surface area (Å²) in [5.74, 6) is 0.169. The lowest BCUT2D eigenvalue weighted by Gasteiger charge is -1.99. The number of Topliss-reactive ketones (excluding diaryl/α,β-unsaturated/α-hetero) is 1. The maximum atomic E-state index is 12.4. The van der Waals surface area contributed by atoms with Gasteiger partial charge in [-0.3, -0.25) is 4.79 Å². The van der Waals surface area contributed by atoms with Crippen LogP contribution in [0.1, 0.15) is 21.7 Å². The van der Waals surface area contributed by atoms with Gasteiger partial charge in [0.25, 0.3) is 0 Å². The van der Waals surface area contributed by atoms with Crippen molar-refractivity contribution in [2.24, 2.45) is 0 Å². The molecule has 0 spiro atoms. The molecule has 0 aliphatic rings. The summed E-state index contributed by atoms with van der Waals surface area (Å²) >= 11 is 1.49. The first-order valence-electron chi connectivity index (χ1n) is 7.71. The lowest BCUT2D eigenvalue weighted by atomic mass is 10.0. The molecule has 4 heteroatoms. The molecule has 122 valence electrons. The van der Waals surface area contributed by atoms with Crippen molar-refractivity contribution in [1.29, 1.82) is 5.26 Å². The number of hydrogen-bond acceptors (Lipinski definition) is 4. The van der Waals surface area contributed by atoms with Gasteiger partial charge in [0, 0.05) is 16.5 Å². The maximum Gasteiger partial charge on any atom is 0.203 e. The van der Waals surface area contributed by atoms with Crippen LogP contribution in [0.4, 0.5) is 0 Å². The monoisotopic (exact) mass is 345 g/mol. The van der Waals surface area contributed by atoms with Crippen molar-refractivity contribution in [2.45, 2.75) is 16.9 Å². The highest BCUT2D eigenvalue weighted by Crippen LogP contribution is 2.30. The molecule has 2 aromatic carbocycles. The van der Waals surface area contributed by atoms with Crippen molar-refractivity contribution in [3.63, 3.8) is 0 Å². The maximum absolute atomic E-state index is 12.4. The predicted molar refractivity (Wildman–Crippen MR) is 98.4 cm³/mol. The molecule has 0 amide bonds. The summed E-state index contributed by atoms with van der Waals surface area (Å²) in [5.41, 5.74) is 1.73. The highest BCUT2D eigenvalue weighted by atomic mass is 32.2. The van der Waals surface area contributed by atoms with E-state index < -0.39 is 0 Å². The molecule has 0 aliphatic heterocycles. The number of carbonyl (C=O) groups excluding carboxylic acids is 1. The van der Waals surface area contributed by atoms with Crippen LogP contribution in [0, 0.1) is 18.3 Å². The molecule has 0 saturated carbocycles. The lowest BCUT2D eigenvalue weighted by molar-refractivity contribution is 0.104. The molecular formula is C21H15NO2S. The zero-order valence-corrected chi connectivity index (χ0v) is 14.4. The fourth-order valence-electron chi connectivity index (χ4n) is 2.23. The van der Waals surface area contributed by atoms with E-state index in [0.29, 0.717) is 16.4 Å². The third kappa shape index (κ3) is 4.28. The third-order valence-electron chi connectivity index (χ3n) is 3.53. The number of furan rings is 1. The molecule has 0 radical (unpaired) electrons. The van der Waals surface area contributed by atoms with Gasteiger partial charge in [-0.1, -0.05) is 59.8 Å². The van der Waals surface area contributed by atoms with E-state index in [9.17, 15) is 10.1 Å². The molecule has 3 aromatic rings. The predicted octanol–water partition coefficient (Wildman–Crippen LogP) is 5.53. The molecule has 25 heavy (non-hydrogen) atoms. The van der Waals surface area contributed by atoms with E-state index in [-0.39, 0.29) is 11.4 Å². The average Bonchev–Trinajstić information content (AvgIpc) is 3.09. The molecule has 0 bridgehead atoms. The van der Waals surface area contributed by atoms with Gasteiger partial charge in [-0.25, -0.2) is 0 Å². The molecule has 0 N–H and O–H groups in total. The number of rotatable bonds is 5. The van der Waals surface area contributed by atoms with Crippen molar-refractivity contribution in [3.8, 4) is 6.07 Å². The van der Waals surface area contributed by atoms with E-state index in [1.165, 1.54) is 23.4 Å². The standard InChI is InChI=1S/C21H15NO2S/c1-15-7-10-19(11-8-15)25-20-12-9-18(24-20)13-17(14-22)21(23)16-5-3-2-4-6-16/h2-13H,1H3/b17-13+. The van der Waals surface area contributed by atoms with Gasteiger partial charge in [-0.15, -0.1) is 0 Å². The molecule has 0 fully saturated rings. The van der Waals surface area contributed by atoms with Crippen LogP contribution in [0.2, 0.25) is 0 Å². The van der Waals surface area contributed by atoms with Crippen LogP contribution in [-0.4, -0.2) is 5.78 Å². The van der Waals surface area contributed by atoms with Gasteiger partial charge in [-0.2, -0.15) is 5.26 Å². The first kappa shape index (κ1) is 16.8. The normalized spacial score (nSPS) is 11.1. The number of hydrogen-bond donors (Lipinski definition) is 0. The van der Waals surface area contributed by atoms with Gasteiger partial charge in [0.1, 0.15) is 17.4 Å². The van der Waals surface area contributed by atoms with Crippen molar-refractivity contribution >= 4 is 23.6 Å². The molecule has 0 aliphatic carbocycles. The fraction of sp³-hybridized carbons (Fsp3) is 0.0476. The second-order valence-electron chi connectivity index (χ2n) is 5.44. The van der Waals surface area contributed by atoms with Crippen LogP contribution in [-0.2, 0) is 0 Å². The zero-order valence-electron chi connectivity index (χ0n) is 13.6. The summed E-state index contributed by atoms with van der Waals surface area (Å²) in [6.45, 7) is 2.04. The van der Waals surface area contributed by atoms with Gasteiger partial charge in [-0.05, 0) is 31.2 Å². The van der Waals surface area contributed by atoms with Crippen LogP contribution >= 0.6 is 11.8 Å². The number of aryl methyl sites for hydroxylation is 1. The van der Waals surface area contributed by atoms with Crippen LogP contribution in [0.5, 0.6) is 0 Å². The largest absolute Gasteiger partial charge is 0.450 e. The topological polar surface area (TPSA) is 54.0 Å². The Morgan fingerprint density at radius 3 is 2.44 bits per heavy atom. The van der Waals surface area contributed by atoms with E-state index in [0.717, 1.165) is 4.90 Å². The summed E-state index contributed by atoms with van der Waals surface area (Å²) in [4.78, 5) is 13.4. The Kier molecular flexibility index (Phi) is 5.17. The van der Waals surface area contributed by atoms with E-state index in [1.807, 2.05) is 49.4 Å². The number of carbonyl (C=O) groups is 1. The molecule has 3 rings (SSSR count). The van der Waals surface area contributed by atoms with Gasteiger partial charge in [0.05, 0.1) is 0 Å². The lowest BCUT2D eigenvalue weighted by Crippen LogP contribution is -2.01. The molecule has 0 unspecified atom stereocenters. The molecular weight excluding hydrogens is 330 g/mol. The summed E-state index contributed by atoms with van der Waals surface area (Å²) in [6.07, 6.45) is 1.48. The number of ketones is 1. The van der Waals surface area contributed by atoms with E-state index >= 15 is 0 Å². The van der Waals surface area contributed by atoms with E-state index in [4.69, 9.17) is 4.42 Å². The van der Waals surface area contributed by atoms with Crippen molar-refractivity contribution in [3.05, 3.63) is 89.2 Å². The third-order valence-corrected chi connectivity index (χ3v) is 4.46. The molecule has 1 heterocycles. The fourth-order valence-corrected chi connectivity index (χ4v) is 3.00. The minimum absolute atomic E-state index is 0.0486. The van der Waals surface area contributed by atoms with Gasteiger partial charge < -0.3 is 4.42 Å². The molecule has 0 saturated heterocycles. The van der Waals surface area contributed by atoms with Crippen LogP contribution in [0.3, 0.4) is 0 Å². The number of nitriles is 1. The molecule has 3 nitrogen and oxygen atoms in total. The minimum atomic E-state index is -0.313. The smallest absolute Gasteiger partial charge is 0.203 e. The van der Waals surface area contributed by atoms with Crippen molar-refractivity contribution in [2.75, 3.05) is 0 Å². The molecule has 1 aromatic heterocycles. The Morgan fingerprint density at radius 2 is 1.76 bits per heavy atom. The van der Waals surface area contributed by atoms with E-state index in [2.05, 4.69) is 0 Å². The minimum Gasteiger partial charge on any atom is -0.450 e. The number of nitrogens with zero attached hydrogens (tertiary/aromatic N) is 1. The molecule has 0 atom stereocenters. The van der Waals surface area contributed by atoms with Crippen LogP contribution < -0.4 is 0 Å². The average molecular weight is 345 g/mol. The zero-order chi connectivity index (χ0) is 17.6. The Morgan fingerprint density at radius 1 is 1.04 bits per heavy atom. The number of benzene rings is 2. The van der Waals surface area contributed by atoms with E-state index in [1.54, 1.807) is 30.3 Å². The van der Waals surface area contributed by atoms with Crippen molar-refractivity contribution < 1.29 is 9.21 Å². The SMILES string of the molecule is Cc1ccc(Sc2ccc(/C=C(\C#N)C(=O)c3ccccc3)o2)cc1. The van der Waals surface area contributed by atoms with Gasteiger partial charge >= 0.3 is 0 Å². The quantitative estimate of drug-likeness (QED) is 0.347. The van der Waals surface area contributed by atoms with Gasteiger partial charge in [0.2, 0.25) is 5.78 Å². The summed E-state index contributed by atoms with van der Waals surface area (Å²) in [6, 6.07) is 22.4. The summed E-state index contributed by atoms with van der Waals surface area (Å²) < 4.78 is 5.72. The summed E-state index contributed by atoms with van der Waals surface area (Å²) in [7, 11) is 0.